The quantitative estimate of drug-likeness (QED) is 0.525. The van der Waals surface area contributed by atoms with Gasteiger partial charge in [0.2, 0.25) is 0 Å². The normalized spacial score (nSPS) is 11.4. The second-order valence-electron chi connectivity index (χ2n) is 5.96. The van der Waals surface area contributed by atoms with E-state index in [4.69, 9.17) is 21.6 Å². The van der Waals surface area contributed by atoms with E-state index in [0.717, 1.165) is 44.0 Å². The molecular formula is C19H13ClN6. The lowest BCUT2D eigenvalue weighted by molar-refractivity contribution is 1.10. The molecule has 0 aliphatic rings. The number of imidazole rings is 1. The second-order valence-corrected chi connectivity index (χ2v) is 6.39. The van der Waals surface area contributed by atoms with Crippen LogP contribution in [0.15, 0.2) is 61.3 Å². The summed E-state index contributed by atoms with van der Waals surface area (Å²) >= 11 is 6.10. The van der Waals surface area contributed by atoms with Crippen LogP contribution in [0, 0.1) is 0 Å². The minimum Gasteiger partial charge on any atom is -0.379 e. The molecule has 0 atom stereocenters. The summed E-state index contributed by atoms with van der Waals surface area (Å²) in [5.74, 6) is 0. The molecule has 0 bridgehead atoms. The molecular weight excluding hydrogens is 348 g/mol. The van der Waals surface area contributed by atoms with Crippen LogP contribution in [-0.2, 0) is 6.54 Å². The fourth-order valence-electron chi connectivity index (χ4n) is 3.10. The summed E-state index contributed by atoms with van der Waals surface area (Å²) in [7, 11) is 0. The minimum atomic E-state index is 0.621. The molecule has 4 heterocycles. The summed E-state index contributed by atoms with van der Waals surface area (Å²) in [4.78, 5) is 17.9. The summed E-state index contributed by atoms with van der Waals surface area (Å²) in [6, 6.07) is 11.6. The van der Waals surface area contributed by atoms with Crippen LogP contribution in [0.4, 0.5) is 5.69 Å². The number of nitrogens with one attached hydrogen (secondary N) is 1. The van der Waals surface area contributed by atoms with Gasteiger partial charge < -0.3 is 5.32 Å². The molecule has 5 rings (SSSR count). The van der Waals surface area contributed by atoms with Crippen molar-refractivity contribution in [2.45, 2.75) is 6.54 Å². The Morgan fingerprint density at radius 2 is 1.96 bits per heavy atom. The highest BCUT2D eigenvalue weighted by Crippen LogP contribution is 2.30. The number of halogens is 1. The van der Waals surface area contributed by atoms with Crippen molar-refractivity contribution in [3.8, 4) is 0 Å². The Balaban J connectivity index is 1.72. The van der Waals surface area contributed by atoms with Crippen LogP contribution < -0.4 is 5.32 Å². The van der Waals surface area contributed by atoms with E-state index in [1.165, 1.54) is 0 Å². The first kappa shape index (κ1) is 15.0. The van der Waals surface area contributed by atoms with Crippen molar-refractivity contribution in [3.63, 3.8) is 0 Å². The summed E-state index contributed by atoms with van der Waals surface area (Å²) in [6.45, 7) is 0.621. The monoisotopic (exact) mass is 360 g/mol. The molecule has 6 nitrogen and oxygen atoms in total. The maximum Gasteiger partial charge on any atom is 0.168 e. The third-order valence-electron chi connectivity index (χ3n) is 4.29. The molecule has 0 radical (unpaired) electrons. The predicted molar refractivity (Wildman–Crippen MR) is 102 cm³/mol. The molecule has 0 saturated carbocycles. The standard InChI is InChI=1S/C19H13ClN6/c20-13-3-1-2-12(8-13)9-23-17-14-10-21-6-4-15(14)24-19-18(17)25-16-5-7-22-11-26(16)19/h1-8,10-11H,9H2,(H,23,24). The molecule has 0 spiro atoms. The lowest BCUT2D eigenvalue weighted by atomic mass is 10.2. The van der Waals surface area contributed by atoms with E-state index in [1.807, 2.05) is 47.0 Å². The largest absolute Gasteiger partial charge is 0.379 e. The van der Waals surface area contributed by atoms with Gasteiger partial charge in [-0.05, 0) is 29.8 Å². The van der Waals surface area contributed by atoms with Crippen LogP contribution in [0.5, 0.6) is 0 Å². The fraction of sp³-hybridized carbons (Fsp3) is 0.0526. The zero-order valence-corrected chi connectivity index (χ0v) is 14.4. The van der Waals surface area contributed by atoms with Crippen molar-refractivity contribution in [2.75, 3.05) is 5.32 Å². The van der Waals surface area contributed by atoms with Crippen LogP contribution >= 0.6 is 11.6 Å². The van der Waals surface area contributed by atoms with Gasteiger partial charge in [0.25, 0.3) is 0 Å². The van der Waals surface area contributed by atoms with Gasteiger partial charge in [-0.15, -0.1) is 0 Å². The first-order valence-corrected chi connectivity index (χ1v) is 8.51. The molecule has 4 aromatic heterocycles. The Bertz CT molecular complexity index is 1260. The van der Waals surface area contributed by atoms with E-state index >= 15 is 0 Å². The first-order valence-electron chi connectivity index (χ1n) is 8.13. The highest BCUT2D eigenvalue weighted by molar-refractivity contribution is 6.30. The van der Waals surface area contributed by atoms with Gasteiger partial charge in [0, 0.05) is 35.5 Å². The van der Waals surface area contributed by atoms with E-state index in [-0.39, 0.29) is 0 Å². The lowest BCUT2D eigenvalue weighted by Crippen LogP contribution is -2.02. The van der Waals surface area contributed by atoms with Gasteiger partial charge in [-0.2, -0.15) is 0 Å². The van der Waals surface area contributed by atoms with E-state index < -0.39 is 0 Å². The molecule has 7 heteroatoms. The molecule has 0 fully saturated rings. The number of nitrogens with zero attached hydrogens (tertiary/aromatic N) is 5. The number of pyridine rings is 2. The smallest absolute Gasteiger partial charge is 0.168 e. The van der Waals surface area contributed by atoms with E-state index in [1.54, 1.807) is 18.7 Å². The maximum atomic E-state index is 6.10. The van der Waals surface area contributed by atoms with Crippen molar-refractivity contribution in [1.29, 1.82) is 0 Å². The first-order chi connectivity index (χ1) is 12.8. The van der Waals surface area contributed by atoms with Crippen LogP contribution in [0.1, 0.15) is 5.56 Å². The van der Waals surface area contributed by atoms with Gasteiger partial charge in [0.15, 0.2) is 5.65 Å². The Morgan fingerprint density at radius 1 is 1.04 bits per heavy atom. The van der Waals surface area contributed by atoms with Gasteiger partial charge in [-0.3, -0.25) is 9.38 Å². The molecule has 0 saturated heterocycles. The summed E-state index contributed by atoms with van der Waals surface area (Å²) in [5, 5.41) is 5.15. The van der Waals surface area contributed by atoms with Gasteiger partial charge in [-0.25, -0.2) is 15.0 Å². The zero-order chi connectivity index (χ0) is 17.5. The third kappa shape index (κ3) is 2.43. The predicted octanol–water partition coefficient (Wildman–Crippen LogP) is 4.09. The number of hydrogen-bond acceptors (Lipinski definition) is 5. The second kappa shape index (κ2) is 5.93. The highest BCUT2D eigenvalue weighted by atomic mass is 35.5. The van der Waals surface area contributed by atoms with Crippen molar-refractivity contribution in [3.05, 3.63) is 71.9 Å². The topological polar surface area (TPSA) is 68.0 Å². The third-order valence-corrected chi connectivity index (χ3v) is 4.53. The molecule has 0 aliphatic heterocycles. The van der Waals surface area contributed by atoms with E-state index in [9.17, 15) is 0 Å². The van der Waals surface area contributed by atoms with Crippen LogP contribution in [0.3, 0.4) is 0 Å². The van der Waals surface area contributed by atoms with Gasteiger partial charge >= 0.3 is 0 Å². The Labute approximate surface area is 153 Å². The summed E-state index contributed by atoms with van der Waals surface area (Å²) in [5.41, 5.74) is 5.20. The molecule has 1 aromatic carbocycles. The van der Waals surface area contributed by atoms with Crippen molar-refractivity contribution >= 4 is 45.0 Å². The minimum absolute atomic E-state index is 0.621. The number of hydrogen-bond donors (Lipinski definition) is 1. The Morgan fingerprint density at radius 3 is 2.88 bits per heavy atom. The van der Waals surface area contributed by atoms with Crippen LogP contribution in [-0.4, -0.2) is 24.3 Å². The Kier molecular flexibility index (Phi) is 3.43. The molecule has 1 N–H and O–H groups in total. The van der Waals surface area contributed by atoms with Crippen LogP contribution in [0.2, 0.25) is 5.02 Å². The average molecular weight is 361 g/mol. The zero-order valence-electron chi connectivity index (χ0n) is 13.6. The number of rotatable bonds is 3. The molecule has 0 unspecified atom stereocenters. The summed E-state index contributed by atoms with van der Waals surface area (Å²) in [6.07, 6.45) is 7.00. The maximum absolute atomic E-state index is 6.10. The highest BCUT2D eigenvalue weighted by Gasteiger charge is 2.15. The number of aromatic nitrogens is 5. The molecule has 26 heavy (non-hydrogen) atoms. The van der Waals surface area contributed by atoms with Crippen molar-refractivity contribution < 1.29 is 0 Å². The van der Waals surface area contributed by atoms with Crippen molar-refractivity contribution in [2.24, 2.45) is 0 Å². The number of fused-ring (bicyclic) bond motifs is 4. The molecule has 0 amide bonds. The number of anilines is 1. The Hall–Kier alpha value is -3.25. The fourth-order valence-corrected chi connectivity index (χ4v) is 3.31. The lowest BCUT2D eigenvalue weighted by Gasteiger charge is -2.10. The van der Waals surface area contributed by atoms with Gasteiger partial charge in [0.05, 0.1) is 11.2 Å². The van der Waals surface area contributed by atoms with E-state index in [2.05, 4.69) is 15.3 Å². The van der Waals surface area contributed by atoms with Gasteiger partial charge in [-0.1, -0.05) is 23.7 Å². The average Bonchev–Trinajstić information content (AvgIpc) is 3.03. The molecule has 126 valence electrons. The van der Waals surface area contributed by atoms with Gasteiger partial charge in [0.1, 0.15) is 17.5 Å². The van der Waals surface area contributed by atoms with Crippen molar-refractivity contribution in [1.82, 2.24) is 24.3 Å². The summed E-state index contributed by atoms with van der Waals surface area (Å²) < 4.78 is 1.89. The molecule has 0 aliphatic carbocycles. The molecule has 5 aromatic rings. The van der Waals surface area contributed by atoms with Crippen LogP contribution in [0.25, 0.3) is 27.7 Å². The number of benzene rings is 1. The van der Waals surface area contributed by atoms with E-state index in [0.29, 0.717) is 6.54 Å². The SMILES string of the molecule is Clc1cccc(CNc2c3cnccc3nc3c2nc2ccncn23)c1.